The van der Waals surface area contributed by atoms with Crippen molar-refractivity contribution in [1.82, 2.24) is 14.4 Å². The van der Waals surface area contributed by atoms with Crippen molar-refractivity contribution in [2.75, 3.05) is 51.6 Å². The van der Waals surface area contributed by atoms with Crippen LogP contribution >= 0.6 is 11.6 Å². The van der Waals surface area contributed by atoms with Crippen LogP contribution in [0.4, 0.5) is 18.9 Å². The van der Waals surface area contributed by atoms with Gasteiger partial charge in [-0.25, -0.2) is 0 Å². The van der Waals surface area contributed by atoms with Gasteiger partial charge in [0.2, 0.25) is 0 Å². The lowest BCUT2D eigenvalue weighted by molar-refractivity contribution is -0.138. The number of likely N-dealkylation sites (N-methyl/N-ethyl adjacent to an activating group) is 1. The maximum atomic E-state index is 12.9. The smallest absolute Gasteiger partial charge is 0.385 e. The second-order valence-corrected chi connectivity index (χ2v) is 7.62. The van der Waals surface area contributed by atoms with Crippen LogP contribution in [-0.2, 0) is 6.18 Å². The molecule has 1 N–H and O–H groups in total. The molecular formula is C20H24ClF3N4O. The van der Waals surface area contributed by atoms with Crippen molar-refractivity contribution in [2.24, 2.45) is 0 Å². The van der Waals surface area contributed by atoms with Crippen LogP contribution in [0.25, 0.3) is 5.69 Å². The van der Waals surface area contributed by atoms with E-state index in [1.165, 1.54) is 0 Å². The van der Waals surface area contributed by atoms with E-state index in [0.717, 1.165) is 74.3 Å². The summed E-state index contributed by atoms with van der Waals surface area (Å²) in [7, 11) is 2.12. The molecule has 0 atom stereocenters. The summed E-state index contributed by atoms with van der Waals surface area (Å²) in [6.07, 6.45) is -2.80. The first kappa shape index (κ1) is 21.7. The first-order valence-electron chi connectivity index (χ1n) is 9.48. The van der Waals surface area contributed by atoms with Gasteiger partial charge in [-0.05, 0) is 44.3 Å². The molecule has 1 aromatic heterocycles. The predicted molar refractivity (Wildman–Crippen MR) is 109 cm³/mol. The van der Waals surface area contributed by atoms with E-state index in [4.69, 9.17) is 11.6 Å². The lowest BCUT2D eigenvalue weighted by Crippen LogP contribution is -2.44. The Kier molecular flexibility index (Phi) is 6.87. The van der Waals surface area contributed by atoms with E-state index in [-0.39, 0.29) is 10.7 Å². The van der Waals surface area contributed by atoms with E-state index >= 15 is 0 Å². The van der Waals surface area contributed by atoms with Gasteiger partial charge in [0.05, 0.1) is 16.3 Å². The number of nitrogens with one attached hydrogen (secondary N) is 1. The first-order chi connectivity index (χ1) is 13.7. The van der Waals surface area contributed by atoms with E-state index in [0.29, 0.717) is 0 Å². The largest absolute Gasteiger partial charge is 0.417 e. The van der Waals surface area contributed by atoms with Crippen molar-refractivity contribution >= 4 is 17.3 Å². The number of rotatable bonds is 6. The highest BCUT2D eigenvalue weighted by molar-refractivity contribution is 6.32. The Balaban J connectivity index is 1.61. The summed E-state index contributed by atoms with van der Waals surface area (Å²) in [4.78, 5) is 16.8. The molecule has 0 spiro atoms. The Bertz CT molecular complexity index is 892. The molecule has 1 saturated heterocycles. The number of pyridine rings is 1. The number of hydrogen-bond acceptors (Lipinski definition) is 4. The lowest BCUT2D eigenvalue weighted by atomic mass is 10.2. The van der Waals surface area contributed by atoms with Gasteiger partial charge in [-0.1, -0.05) is 11.6 Å². The zero-order valence-corrected chi connectivity index (χ0v) is 16.9. The van der Waals surface area contributed by atoms with Crippen LogP contribution in [0, 0.1) is 0 Å². The average molecular weight is 429 g/mol. The maximum Gasteiger partial charge on any atom is 0.417 e. The monoisotopic (exact) mass is 428 g/mol. The Labute approximate surface area is 172 Å². The van der Waals surface area contributed by atoms with Crippen LogP contribution in [0.15, 0.2) is 41.3 Å². The molecule has 2 aromatic rings. The van der Waals surface area contributed by atoms with Crippen LogP contribution in [0.1, 0.15) is 12.0 Å². The molecule has 158 valence electrons. The molecule has 1 aliphatic heterocycles. The normalized spacial score (nSPS) is 16.2. The zero-order valence-electron chi connectivity index (χ0n) is 16.2. The van der Waals surface area contributed by atoms with E-state index in [1.54, 1.807) is 18.2 Å². The van der Waals surface area contributed by atoms with Gasteiger partial charge in [-0.15, -0.1) is 0 Å². The van der Waals surface area contributed by atoms with Gasteiger partial charge >= 0.3 is 6.18 Å². The van der Waals surface area contributed by atoms with Crippen LogP contribution in [-0.4, -0.2) is 60.7 Å². The molecule has 0 aliphatic carbocycles. The highest BCUT2D eigenvalue weighted by Gasteiger charge is 2.31. The molecule has 0 saturated carbocycles. The molecule has 0 amide bonds. The number of halogens is 4. The average Bonchev–Trinajstić information content (AvgIpc) is 2.66. The molecule has 3 rings (SSSR count). The molecule has 0 unspecified atom stereocenters. The number of anilines is 1. The molecule has 5 nitrogen and oxygen atoms in total. The molecule has 0 radical (unpaired) electrons. The lowest BCUT2D eigenvalue weighted by Gasteiger charge is -2.32. The third-order valence-corrected chi connectivity index (χ3v) is 5.32. The minimum absolute atomic E-state index is 0.204. The summed E-state index contributed by atoms with van der Waals surface area (Å²) in [5, 5.41) is 3.48. The SMILES string of the molecule is CN1CCN(CCCNc2ccc(-n3cc(C(F)(F)F)ccc3=O)c(Cl)c2)CC1. The molecular weight excluding hydrogens is 405 g/mol. The number of piperazine rings is 1. The fourth-order valence-electron chi connectivity index (χ4n) is 3.26. The second-order valence-electron chi connectivity index (χ2n) is 7.22. The van der Waals surface area contributed by atoms with Gasteiger partial charge in [0.25, 0.3) is 5.56 Å². The Morgan fingerprint density at radius 3 is 2.48 bits per heavy atom. The third-order valence-electron chi connectivity index (χ3n) is 5.02. The van der Waals surface area contributed by atoms with Crippen molar-refractivity contribution < 1.29 is 13.2 Å². The Hall–Kier alpha value is -2.03. The highest BCUT2D eigenvalue weighted by Crippen LogP contribution is 2.30. The second kappa shape index (κ2) is 9.19. The third kappa shape index (κ3) is 5.74. The van der Waals surface area contributed by atoms with Crippen LogP contribution in [0.5, 0.6) is 0 Å². The van der Waals surface area contributed by atoms with Crippen molar-refractivity contribution in [1.29, 1.82) is 0 Å². The first-order valence-corrected chi connectivity index (χ1v) is 9.86. The number of nitrogens with zero attached hydrogens (tertiary/aromatic N) is 3. The quantitative estimate of drug-likeness (QED) is 0.714. The summed E-state index contributed by atoms with van der Waals surface area (Å²) >= 11 is 6.26. The Morgan fingerprint density at radius 2 is 1.83 bits per heavy atom. The van der Waals surface area contributed by atoms with E-state index in [9.17, 15) is 18.0 Å². The van der Waals surface area contributed by atoms with Crippen molar-refractivity contribution in [2.45, 2.75) is 12.6 Å². The van der Waals surface area contributed by atoms with Gasteiger partial charge in [0, 0.05) is 50.7 Å². The fourth-order valence-corrected chi connectivity index (χ4v) is 3.53. The van der Waals surface area contributed by atoms with E-state index in [2.05, 4.69) is 22.2 Å². The predicted octanol–water partition coefficient (Wildman–Crippen LogP) is 3.56. The van der Waals surface area contributed by atoms with Gasteiger partial charge in [0.1, 0.15) is 0 Å². The summed E-state index contributed by atoms with van der Waals surface area (Å²) in [6, 6.07) is 6.54. The molecule has 2 heterocycles. The van der Waals surface area contributed by atoms with Gasteiger partial charge in [0.15, 0.2) is 0 Å². The molecule has 9 heteroatoms. The van der Waals surface area contributed by atoms with E-state index in [1.807, 2.05) is 0 Å². The summed E-state index contributed by atoms with van der Waals surface area (Å²) < 4.78 is 39.7. The van der Waals surface area contributed by atoms with Crippen LogP contribution < -0.4 is 10.9 Å². The summed E-state index contributed by atoms with van der Waals surface area (Å²) in [6.45, 7) is 6.07. The highest BCUT2D eigenvalue weighted by atomic mass is 35.5. The standard InChI is InChI=1S/C20H24ClF3N4O/c1-26-9-11-27(12-10-26)8-2-7-25-16-4-5-18(17(21)13-16)28-14-15(20(22,23)24)3-6-19(28)29/h3-6,13-14,25H,2,7-12H2,1H3. The molecule has 0 bridgehead atoms. The van der Waals surface area contributed by atoms with Crippen molar-refractivity contribution in [3.05, 3.63) is 57.5 Å². The minimum atomic E-state index is -4.53. The molecule has 29 heavy (non-hydrogen) atoms. The van der Waals surface area contributed by atoms with Crippen LogP contribution in [0.3, 0.4) is 0 Å². The van der Waals surface area contributed by atoms with Crippen molar-refractivity contribution in [3.8, 4) is 5.69 Å². The van der Waals surface area contributed by atoms with Crippen LogP contribution in [0.2, 0.25) is 5.02 Å². The van der Waals surface area contributed by atoms with Gasteiger partial charge < -0.3 is 15.1 Å². The molecule has 1 fully saturated rings. The van der Waals surface area contributed by atoms with Gasteiger partial charge in [-0.3, -0.25) is 9.36 Å². The molecule has 1 aliphatic rings. The summed E-state index contributed by atoms with van der Waals surface area (Å²) in [5.74, 6) is 0. The number of aromatic nitrogens is 1. The van der Waals surface area contributed by atoms with Crippen molar-refractivity contribution in [3.63, 3.8) is 0 Å². The Morgan fingerprint density at radius 1 is 1.10 bits per heavy atom. The maximum absolute atomic E-state index is 12.9. The topological polar surface area (TPSA) is 40.5 Å². The number of alkyl halides is 3. The fraction of sp³-hybridized carbons (Fsp3) is 0.450. The zero-order chi connectivity index (χ0) is 21.0. The molecule has 1 aromatic carbocycles. The minimum Gasteiger partial charge on any atom is -0.385 e. The summed E-state index contributed by atoms with van der Waals surface area (Å²) in [5.41, 5.74) is -0.505. The number of hydrogen-bond donors (Lipinski definition) is 1. The van der Waals surface area contributed by atoms with Gasteiger partial charge in [-0.2, -0.15) is 13.2 Å². The van der Waals surface area contributed by atoms with E-state index < -0.39 is 17.3 Å². The number of benzene rings is 1.